The number of halogens is 3. The molecule has 0 aromatic rings. The lowest BCUT2D eigenvalue weighted by atomic mass is 10.1. The van der Waals surface area contributed by atoms with Crippen molar-refractivity contribution in [2.24, 2.45) is 16.8 Å². The van der Waals surface area contributed by atoms with E-state index in [0.29, 0.717) is 0 Å². The summed E-state index contributed by atoms with van der Waals surface area (Å²) in [6.07, 6.45) is -4.55. The average molecular weight is 285 g/mol. The fraction of sp³-hybridized carbons (Fsp3) is 0.800. The van der Waals surface area contributed by atoms with Gasteiger partial charge in [-0.2, -0.15) is 13.2 Å². The van der Waals surface area contributed by atoms with Crippen LogP contribution in [-0.4, -0.2) is 54.8 Å². The molecule has 0 saturated heterocycles. The van der Waals surface area contributed by atoms with Gasteiger partial charge in [-0.15, -0.1) is 0 Å². The van der Waals surface area contributed by atoms with Gasteiger partial charge in [0, 0.05) is 19.5 Å². The van der Waals surface area contributed by atoms with Crippen LogP contribution in [0.25, 0.3) is 0 Å². The van der Waals surface area contributed by atoms with Crippen LogP contribution in [0.3, 0.4) is 0 Å². The van der Waals surface area contributed by atoms with Gasteiger partial charge in [-0.25, -0.2) is 0 Å². The van der Waals surface area contributed by atoms with E-state index in [-0.39, 0.29) is 37.2 Å². The summed E-state index contributed by atoms with van der Waals surface area (Å²) in [5, 5.41) is 11.2. The molecule has 6 nitrogen and oxygen atoms in total. The molecular formula is C10H18F3N3O3. The zero-order valence-electron chi connectivity index (χ0n) is 10.8. The number of nitrogens with two attached hydrogens (primary N) is 1. The number of hydrogen-bond acceptors (Lipinski definition) is 4. The molecule has 0 aliphatic heterocycles. The molecule has 112 valence electrons. The van der Waals surface area contributed by atoms with Crippen LogP contribution in [0.1, 0.15) is 13.3 Å². The first-order valence-corrected chi connectivity index (χ1v) is 5.53. The van der Waals surface area contributed by atoms with Crippen molar-refractivity contribution in [1.29, 1.82) is 0 Å². The van der Waals surface area contributed by atoms with Crippen LogP contribution < -0.4 is 5.73 Å². The van der Waals surface area contributed by atoms with Crippen molar-refractivity contribution in [2.75, 3.05) is 26.8 Å². The van der Waals surface area contributed by atoms with Crippen molar-refractivity contribution >= 4 is 11.7 Å². The van der Waals surface area contributed by atoms with Gasteiger partial charge in [0.25, 0.3) is 0 Å². The van der Waals surface area contributed by atoms with E-state index in [0.717, 1.165) is 0 Å². The number of amidine groups is 1. The Hall–Kier alpha value is -1.51. The summed E-state index contributed by atoms with van der Waals surface area (Å²) in [7, 11) is 1.48. The number of rotatable bonds is 7. The summed E-state index contributed by atoms with van der Waals surface area (Å²) in [4.78, 5) is 12.8. The van der Waals surface area contributed by atoms with E-state index in [1.807, 2.05) is 0 Å². The van der Waals surface area contributed by atoms with Crippen molar-refractivity contribution in [2.45, 2.75) is 19.5 Å². The lowest BCUT2D eigenvalue weighted by molar-refractivity contribution is -0.175. The highest BCUT2D eigenvalue weighted by Crippen LogP contribution is 2.14. The molecule has 0 aromatic carbocycles. The second-order valence-electron chi connectivity index (χ2n) is 4.12. The van der Waals surface area contributed by atoms with Crippen LogP contribution in [0, 0.1) is 5.92 Å². The molecule has 3 N–H and O–H groups in total. The molecule has 0 aliphatic rings. The molecule has 0 spiro atoms. The van der Waals surface area contributed by atoms with Crippen LogP contribution in [0.15, 0.2) is 5.16 Å². The second kappa shape index (κ2) is 7.82. The quantitative estimate of drug-likeness (QED) is 0.238. The minimum Gasteiger partial charge on any atom is -0.409 e. The number of carbonyl (C=O) groups excluding carboxylic acids is 1. The minimum atomic E-state index is -4.39. The first-order valence-electron chi connectivity index (χ1n) is 5.53. The fourth-order valence-corrected chi connectivity index (χ4v) is 1.24. The number of ether oxygens (including phenoxy) is 1. The summed E-state index contributed by atoms with van der Waals surface area (Å²) in [6, 6.07) is 0. The van der Waals surface area contributed by atoms with Gasteiger partial charge < -0.3 is 20.6 Å². The van der Waals surface area contributed by atoms with Gasteiger partial charge >= 0.3 is 6.18 Å². The maximum absolute atomic E-state index is 11.8. The Morgan fingerprint density at radius 3 is 2.58 bits per heavy atom. The molecular weight excluding hydrogens is 267 g/mol. The third kappa shape index (κ3) is 8.25. The van der Waals surface area contributed by atoms with Crippen molar-refractivity contribution in [1.82, 2.24) is 4.90 Å². The Balaban J connectivity index is 3.95. The van der Waals surface area contributed by atoms with E-state index < -0.39 is 12.8 Å². The normalized spacial score (nSPS) is 14.3. The van der Waals surface area contributed by atoms with Crippen LogP contribution in [-0.2, 0) is 9.53 Å². The van der Waals surface area contributed by atoms with E-state index in [4.69, 9.17) is 10.9 Å². The highest BCUT2D eigenvalue weighted by Gasteiger charge is 2.27. The molecule has 0 radical (unpaired) electrons. The van der Waals surface area contributed by atoms with Crippen molar-refractivity contribution < 1.29 is 27.9 Å². The standard InChI is InChI=1S/C10H18F3N3O3/c1-7(9(14)15-18)5-16(2)8(17)3-4-19-6-10(11,12)13/h7,18H,3-6H2,1-2H3,(H2,14,15). The highest BCUT2D eigenvalue weighted by atomic mass is 19.4. The van der Waals surface area contributed by atoms with Crippen LogP contribution in [0.2, 0.25) is 0 Å². The molecule has 0 heterocycles. The van der Waals surface area contributed by atoms with Gasteiger partial charge in [0.15, 0.2) is 0 Å². The van der Waals surface area contributed by atoms with Gasteiger partial charge in [0.1, 0.15) is 12.4 Å². The Bertz CT molecular complexity index is 321. The largest absolute Gasteiger partial charge is 0.411 e. The number of carbonyl (C=O) groups is 1. The molecule has 0 bridgehead atoms. The van der Waals surface area contributed by atoms with Crippen molar-refractivity contribution in [3.05, 3.63) is 0 Å². The Morgan fingerprint density at radius 1 is 1.53 bits per heavy atom. The lowest BCUT2D eigenvalue weighted by Gasteiger charge is -2.20. The summed E-state index contributed by atoms with van der Waals surface area (Å²) >= 11 is 0. The van der Waals surface area contributed by atoms with E-state index in [2.05, 4.69) is 9.89 Å². The smallest absolute Gasteiger partial charge is 0.409 e. The van der Waals surface area contributed by atoms with E-state index >= 15 is 0 Å². The highest BCUT2D eigenvalue weighted by molar-refractivity contribution is 5.83. The molecule has 0 fully saturated rings. The molecule has 1 amide bonds. The fourth-order valence-electron chi connectivity index (χ4n) is 1.24. The third-order valence-corrected chi connectivity index (χ3v) is 2.32. The number of hydrogen-bond donors (Lipinski definition) is 2. The van der Waals surface area contributed by atoms with Crippen LogP contribution >= 0.6 is 0 Å². The topological polar surface area (TPSA) is 88.2 Å². The average Bonchev–Trinajstić information content (AvgIpc) is 2.31. The predicted molar refractivity (Wildman–Crippen MR) is 61.7 cm³/mol. The van der Waals surface area contributed by atoms with Gasteiger partial charge in [-0.05, 0) is 0 Å². The van der Waals surface area contributed by atoms with Gasteiger partial charge in [0.05, 0.1) is 13.0 Å². The van der Waals surface area contributed by atoms with Crippen LogP contribution in [0.5, 0.6) is 0 Å². The summed E-state index contributed by atoms with van der Waals surface area (Å²) in [5.41, 5.74) is 5.35. The third-order valence-electron chi connectivity index (χ3n) is 2.32. The monoisotopic (exact) mass is 285 g/mol. The zero-order valence-corrected chi connectivity index (χ0v) is 10.8. The lowest BCUT2D eigenvalue weighted by Crippen LogP contribution is -2.36. The molecule has 0 aromatic heterocycles. The van der Waals surface area contributed by atoms with Gasteiger partial charge in [-0.3, -0.25) is 4.79 Å². The number of alkyl halides is 3. The number of oxime groups is 1. The van der Waals surface area contributed by atoms with Crippen molar-refractivity contribution in [3.63, 3.8) is 0 Å². The molecule has 0 rings (SSSR count). The van der Waals surface area contributed by atoms with Gasteiger partial charge in [0.2, 0.25) is 5.91 Å². The summed E-state index contributed by atoms with van der Waals surface area (Å²) in [6.45, 7) is 0.179. The number of nitrogens with zero attached hydrogens (tertiary/aromatic N) is 2. The molecule has 1 unspecified atom stereocenters. The maximum Gasteiger partial charge on any atom is 0.411 e. The molecule has 0 saturated carbocycles. The van der Waals surface area contributed by atoms with E-state index in [9.17, 15) is 18.0 Å². The van der Waals surface area contributed by atoms with E-state index in [1.165, 1.54) is 11.9 Å². The Morgan fingerprint density at radius 2 is 2.11 bits per heavy atom. The molecule has 9 heteroatoms. The molecule has 0 aliphatic carbocycles. The Kier molecular flexibility index (Phi) is 7.20. The van der Waals surface area contributed by atoms with Crippen LogP contribution in [0.4, 0.5) is 13.2 Å². The first kappa shape index (κ1) is 17.5. The van der Waals surface area contributed by atoms with E-state index in [1.54, 1.807) is 6.92 Å². The molecule has 1 atom stereocenters. The zero-order chi connectivity index (χ0) is 15.1. The molecule has 19 heavy (non-hydrogen) atoms. The summed E-state index contributed by atoms with van der Waals surface area (Å²) < 4.78 is 39.6. The second-order valence-corrected chi connectivity index (χ2v) is 4.12. The number of amides is 1. The van der Waals surface area contributed by atoms with Crippen molar-refractivity contribution in [3.8, 4) is 0 Å². The Labute approximate surface area is 109 Å². The predicted octanol–water partition coefficient (Wildman–Crippen LogP) is 0.796. The maximum atomic E-state index is 11.8. The summed E-state index contributed by atoms with van der Waals surface area (Å²) in [5.74, 6) is -0.747. The minimum absolute atomic E-state index is 0.0204. The van der Waals surface area contributed by atoms with Gasteiger partial charge in [-0.1, -0.05) is 12.1 Å². The SMILES string of the molecule is CC(CN(C)C(=O)CCOCC(F)(F)F)C(N)=NO. The first-order chi connectivity index (χ1) is 8.67.